The highest BCUT2D eigenvalue weighted by Gasteiger charge is 2.14. The monoisotopic (exact) mass is 216 g/mol. The fraction of sp³-hybridized carbons (Fsp3) is 1.00. The van der Waals surface area contributed by atoms with Crippen LogP contribution in [0, 0.1) is 0 Å². The summed E-state index contributed by atoms with van der Waals surface area (Å²) in [5, 5.41) is 12.4. The molecule has 4 nitrogen and oxygen atoms in total. The van der Waals surface area contributed by atoms with Crippen molar-refractivity contribution in [3.05, 3.63) is 0 Å². The number of aliphatic hydroxyl groups is 1. The SMILES string of the molecule is CCNC(CCO)CN1CCCOCC1. The lowest BCUT2D eigenvalue weighted by Crippen LogP contribution is -2.42. The zero-order valence-electron chi connectivity index (χ0n) is 9.74. The molecular weight excluding hydrogens is 192 g/mol. The predicted molar refractivity (Wildman–Crippen MR) is 61.0 cm³/mol. The van der Waals surface area contributed by atoms with E-state index in [0.29, 0.717) is 6.04 Å². The Labute approximate surface area is 92.6 Å². The van der Waals surface area contributed by atoms with Crippen LogP contribution in [0.4, 0.5) is 0 Å². The summed E-state index contributed by atoms with van der Waals surface area (Å²) in [7, 11) is 0. The Balaban J connectivity index is 2.27. The van der Waals surface area contributed by atoms with Gasteiger partial charge in [0.15, 0.2) is 0 Å². The van der Waals surface area contributed by atoms with E-state index in [-0.39, 0.29) is 6.61 Å². The predicted octanol–water partition coefficient (Wildman–Crippen LogP) is 0.0692. The van der Waals surface area contributed by atoms with Crippen molar-refractivity contribution in [3.8, 4) is 0 Å². The largest absolute Gasteiger partial charge is 0.396 e. The van der Waals surface area contributed by atoms with Crippen LogP contribution in [0.5, 0.6) is 0 Å². The molecule has 1 fully saturated rings. The van der Waals surface area contributed by atoms with Crippen molar-refractivity contribution in [2.45, 2.75) is 25.8 Å². The van der Waals surface area contributed by atoms with Gasteiger partial charge in [-0.25, -0.2) is 0 Å². The first-order valence-electron chi connectivity index (χ1n) is 6.01. The van der Waals surface area contributed by atoms with Gasteiger partial charge in [0, 0.05) is 38.9 Å². The first kappa shape index (κ1) is 12.9. The Bertz CT molecular complexity index is 142. The molecule has 1 rings (SSSR count). The van der Waals surface area contributed by atoms with Gasteiger partial charge in [0.25, 0.3) is 0 Å². The van der Waals surface area contributed by atoms with E-state index in [1.807, 2.05) is 0 Å². The maximum absolute atomic E-state index is 8.97. The number of likely N-dealkylation sites (N-methyl/N-ethyl adjacent to an activating group) is 1. The van der Waals surface area contributed by atoms with Gasteiger partial charge in [-0.3, -0.25) is 4.90 Å². The minimum atomic E-state index is 0.266. The third-order valence-electron chi connectivity index (χ3n) is 2.76. The van der Waals surface area contributed by atoms with Crippen LogP contribution >= 0.6 is 0 Å². The van der Waals surface area contributed by atoms with E-state index in [1.54, 1.807) is 0 Å². The second-order valence-corrected chi connectivity index (χ2v) is 4.03. The van der Waals surface area contributed by atoms with Gasteiger partial charge in [-0.15, -0.1) is 0 Å². The van der Waals surface area contributed by atoms with Crippen LogP contribution in [-0.4, -0.2) is 62.0 Å². The molecule has 1 unspecified atom stereocenters. The van der Waals surface area contributed by atoms with Crippen LogP contribution in [0.15, 0.2) is 0 Å². The number of hydrogen-bond acceptors (Lipinski definition) is 4. The summed E-state index contributed by atoms with van der Waals surface area (Å²) in [6, 6.07) is 0.415. The lowest BCUT2D eigenvalue weighted by Gasteiger charge is -2.25. The topological polar surface area (TPSA) is 44.7 Å². The first-order chi connectivity index (χ1) is 7.36. The maximum Gasteiger partial charge on any atom is 0.0593 e. The summed E-state index contributed by atoms with van der Waals surface area (Å²) in [4.78, 5) is 2.43. The molecule has 0 aromatic heterocycles. The molecule has 4 heteroatoms. The molecule has 0 spiro atoms. The van der Waals surface area contributed by atoms with Crippen LogP contribution < -0.4 is 5.32 Å². The molecule has 0 aliphatic carbocycles. The summed E-state index contributed by atoms with van der Waals surface area (Å²) in [5.41, 5.74) is 0. The van der Waals surface area contributed by atoms with Crippen molar-refractivity contribution in [2.24, 2.45) is 0 Å². The van der Waals surface area contributed by atoms with Crippen molar-refractivity contribution in [3.63, 3.8) is 0 Å². The lowest BCUT2D eigenvalue weighted by molar-refractivity contribution is 0.138. The minimum absolute atomic E-state index is 0.266. The number of ether oxygens (including phenoxy) is 1. The van der Waals surface area contributed by atoms with E-state index < -0.39 is 0 Å². The molecular formula is C11H24N2O2. The second-order valence-electron chi connectivity index (χ2n) is 4.03. The highest BCUT2D eigenvalue weighted by atomic mass is 16.5. The third kappa shape index (κ3) is 5.47. The smallest absolute Gasteiger partial charge is 0.0593 e. The Hall–Kier alpha value is -0.160. The van der Waals surface area contributed by atoms with Gasteiger partial charge in [-0.1, -0.05) is 6.92 Å². The van der Waals surface area contributed by atoms with Crippen LogP contribution in [0.25, 0.3) is 0 Å². The van der Waals surface area contributed by atoms with Crippen LogP contribution in [-0.2, 0) is 4.74 Å². The molecule has 1 saturated heterocycles. The molecule has 0 saturated carbocycles. The fourth-order valence-corrected chi connectivity index (χ4v) is 1.99. The zero-order valence-corrected chi connectivity index (χ0v) is 9.74. The highest BCUT2D eigenvalue weighted by Crippen LogP contribution is 2.02. The normalized spacial score (nSPS) is 21.2. The highest BCUT2D eigenvalue weighted by molar-refractivity contribution is 4.72. The van der Waals surface area contributed by atoms with E-state index >= 15 is 0 Å². The minimum Gasteiger partial charge on any atom is -0.396 e. The van der Waals surface area contributed by atoms with E-state index in [0.717, 1.165) is 52.2 Å². The summed E-state index contributed by atoms with van der Waals surface area (Å²) in [6.45, 7) is 8.24. The number of hydrogen-bond donors (Lipinski definition) is 2. The van der Waals surface area contributed by atoms with Gasteiger partial charge in [0.2, 0.25) is 0 Å². The average molecular weight is 216 g/mol. The zero-order chi connectivity index (χ0) is 10.9. The standard InChI is InChI=1S/C11H24N2O2/c1-2-12-11(4-7-14)10-13-5-3-8-15-9-6-13/h11-12,14H,2-10H2,1H3. The second kappa shape index (κ2) is 8.05. The van der Waals surface area contributed by atoms with Crippen molar-refractivity contribution >= 4 is 0 Å². The summed E-state index contributed by atoms with van der Waals surface area (Å²) >= 11 is 0. The molecule has 2 N–H and O–H groups in total. The van der Waals surface area contributed by atoms with Crippen LogP contribution in [0.2, 0.25) is 0 Å². The van der Waals surface area contributed by atoms with Crippen molar-refractivity contribution in [2.75, 3.05) is 46.0 Å². The van der Waals surface area contributed by atoms with Gasteiger partial charge in [0.05, 0.1) is 6.61 Å². The molecule has 1 atom stereocenters. The quantitative estimate of drug-likeness (QED) is 0.659. The molecule has 0 amide bonds. The van der Waals surface area contributed by atoms with Crippen LogP contribution in [0.1, 0.15) is 19.8 Å². The van der Waals surface area contributed by atoms with Gasteiger partial charge < -0.3 is 15.2 Å². The summed E-state index contributed by atoms with van der Waals surface area (Å²) in [5.74, 6) is 0. The number of nitrogens with zero attached hydrogens (tertiary/aromatic N) is 1. The van der Waals surface area contributed by atoms with Gasteiger partial charge in [0.1, 0.15) is 0 Å². The molecule has 90 valence electrons. The Morgan fingerprint density at radius 3 is 3.00 bits per heavy atom. The van der Waals surface area contributed by atoms with Crippen molar-refractivity contribution < 1.29 is 9.84 Å². The number of rotatable bonds is 6. The summed E-state index contributed by atoms with van der Waals surface area (Å²) in [6.07, 6.45) is 1.96. The molecule has 0 radical (unpaired) electrons. The van der Waals surface area contributed by atoms with E-state index in [2.05, 4.69) is 17.1 Å². The maximum atomic E-state index is 8.97. The first-order valence-corrected chi connectivity index (χ1v) is 6.01. The molecule has 0 aromatic carbocycles. The van der Waals surface area contributed by atoms with E-state index in [9.17, 15) is 0 Å². The Morgan fingerprint density at radius 2 is 2.27 bits per heavy atom. The van der Waals surface area contributed by atoms with E-state index in [4.69, 9.17) is 9.84 Å². The molecule has 1 aliphatic heterocycles. The van der Waals surface area contributed by atoms with Crippen molar-refractivity contribution in [1.29, 1.82) is 0 Å². The molecule has 0 aromatic rings. The molecule has 1 aliphatic rings. The van der Waals surface area contributed by atoms with Gasteiger partial charge in [-0.2, -0.15) is 0 Å². The Kier molecular flexibility index (Phi) is 6.92. The van der Waals surface area contributed by atoms with Crippen LogP contribution in [0.3, 0.4) is 0 Å². The average Bonchev–Trinajstić information content (AvgIpc) is 2.47. The number of nitrogens with one attached hydrogen (secondary N) is 1. The summed E-state index contributed by atoms with van der Waals surface area (Å²) < 4.78 is 5.41. The Morgan fingerprint density at radius 1 is 1.40 bits per heavy atom. The van der Waals surface area contributed by atoms with Gasteiger partial charge >= 0.3 is 0 Å². The number of aliphatic hydroxyl groups excluding tert-OH is 1. The molecule has 1 heterocycles. The van der Waals surface area contributed by atoms with Crippen molar-refractivity contribution in [1.82, 2.24) is 10.2 Å². The fourth-order valence-electron chi connectivity index (χ4n) is 1.99. The third-order valence-corrected chi connectivity index (χ3v) is 2.76. The van der Waals surface area contributed by atoms with Gasteiger partial charge in [-0.05, 0) is 19.4 Å². The molecule has 15 heavy (non-hydrogen) atoms. The molecule has 0 bridgehead atoms. The van der Waals surface area contributed by atoms with E-state index in [1.165, 1.54) is 0 Å². The lowest BCUT2D eigenvalue weighted by atomic mass is 10.2.